The number of thiocarbonyl (C=S) groups is 1. The van der Waals surface area contributed by atoms with Crippen LogP contribution in [-0.4, -0.2) is 23.5 Å². The zero-order valence-corrected chi connectivity index (χ0v) is 19.5. The van der Waals surface area contributed by atoms with Gasteiger partial charge in [0.2, 0.25) is 0 Å². The Morgan fingerprint density at radius 1 is 1.03 bits per heavy atom. The van der Waals surface area contributed by atoms with Crippen molar-refractivity contribution in [3.05, 3.63) is 99.8 Å². The maximum Gasteiger partial charge on any atom is 0.270 e. The minimum Gasteiger partial charge on any atom is -0.367 e. The lowest BCUT2D eigenvalue weighted by molar-refractivity contribution is -0.122. The largest absolute Gasteiger partial charge is 0.367 e. The summed E-state index contributed by atoms with van der Waals surface area (Å²) in [5, 5.41) is 3.07. The quantitative estimate of drug-likeness (QED) is 0.321. The van der Waals surface area contributed by atoms with E-state index in [2.05, 4.69) is 10.2 Å². The van der Waals surface area contributed by atoms with Crippen LogP contribution in [0.1, 0.15) is 16.7 Å². The molecule has 0 atom stereocenters. The highest BCUT2D eigenvalue weighted by Crippen LogP contribution is 2.32. The van der Waals surface area contributed by atoms with Gasteiger partial charge in [0.15, 0.2) is 5.11 Å². The summed E-state index contributed by atoms with van der Waals surface area (Å²) in [6.45, 7) is 1.54. The zero-order chi connectivity index (χ0) is 23.8. The second kappa shape index (κ2) is 9.00. The lowest BCUT2D eigenvalue weighted by atomic mass is 10.0. The SMILES string of the molecule is O=C1NC(=S)N(c2ccccc2F)C(=O)/C1=C\c1ccc2c(c1)CCN2Cc1ccccc1Cl. The third-order valence-corrected chi connectivity index (χ3v) is 6.57. The Labute approximate surface area is 206 Å². The van der Waals surface area contributed by atoms with Crippen LogP contribution in [0, 0.1) is 5.82 Å². The van der Waals surface area contributed by atoms with E-state index >= 15 is 0 Å². The monoisotopic (exact) mass is 491 g/mol. The van der Waals surface area contributed by atoms with Gasteiger partial charge < -0.3 is 4.90 Å². The number of hydrogen-bond donors (Lipinski definition) is 1. The van der Waals surface area contributed by atoms with Crippen molar-refractivity contribution in [1.82, 2.24) is 5.32 Å². The van der Waals surface area contributed by atoms with Gasteiger partial charge in [-0.1, -0.05) is 48.0 Å². The highest BCUT2D eigenvalue weighted by atomic mass is 35.5. The van der Waals surface area contributed by atoms with Gasteiger partial charge in [-0.3, -0.25) is 14.9 Å². The van der Waals surface area contributed by atoms with Gasteiger partial charge in [-0.25, -0.2) is 9.29 Å². The number of halogens is 2. The number of hydrogen-bond acceptors (Lipinski definition) is 4. The standard InChI is InChI=1S/C26H19ClFN3O2S/c27-20-6-2-1-5-18(20)15-30-12-11-17-13-16(9-10-22(17)30)14-19-24(32)29-26(34)31(25(19)33)23-8-4-3-7-21(23)28/h1-10,13-14H,11-12,15H2,(H,29,32,34)/b19-14-. The lowest BCUT2D eigenvalue weighted by Crippen LogP contribution is -2.54. The minimum atomic E-state index is -0.667. The summed E-state index contributed by atoms with van der Waals surface area (Å²) >= 11 is 11.5. The number of carbonyl (C=O) groups is 2. The maximum atomic E-state index is 14.3. The highest BCUT2D eigenvalue weighted by Gasteiger charge is 2.35. The van der Waals surface area contributed by atoms with E-state index in [0.29, 0.717) is 12.1 Å². The molecule has 0 bridgehead atoms. The van der Waals surface area contributed by atoms with E-state index in [1.54, 1.807) is 6.07 Å². The fourth-order valence-corrected chi connectivity index (χ4v) is 4.72. The Morgan fingerprint density at radius 3 is 2.59 bits per heavy atom. The maximum absolute atomic E-state index is 14.3. The van der Waals surface area contributed by atoms with Crippen molar-refractivity contribution in [3.8, 4) is 0 Å². The van der Waals surface area contributed by atoms with E-state index in [9.17, 15) is 14.0 Å². The van der Waals surface area contributed by atoms with Crippen LogP contribution in [0.15, 0.2) is 72.3 Å². The first-order valence-corrected chi connectivity index (χ1v) is 11.5. The normalized spacial score (nSPS) is 16.8. The first kappa shape index (κ1) is 22.3. The van der Waals surface area contributed by atoms with Crippen molar-refractivity contribution in [2.45, 2.75) is 13.0 Å². The van der Waals surface area contributed by atoms with Crippen LogP contribution in [-0.2, 0) is 22.6 Å². The molecule has 8 heteroatoms. The van der Waals surface area contributed by atoms with Gasteiger partial charge in [0, 0.05) is 23.8 Å². The molecule has 1 N–H and O–H groups in total. The molecular formula is C26H19ClFN3O2S. The number of carbonyl (C=O) groups excluding carboxylic acids is 2. The highest BCUT2D eigenvalue weighted by molar-refractivity contribution is 7.80. The van der Waals surface area contributed by atoms with Gasteiger partial charge >= 0.3 is 0 Å². The molecule has 2 aliphatic heterocycles. The van der Waals surface area contributed by atoms with Crippen molar-refractivity contribution in [2.75, 3.05) is 16.3 Å². The molecule has 0 aromatic heterocycles. The summed E-state index contributed by atoms with van der Waals surface area (Å²) in [6.07, 6.45) is 2.35. The number of amides is 2. The molecule has 0 radical (unpaired) electrons. The number of nitrogens with one attached hydrogen (secondary N) is 1. The minimum absolute atomic E-state index is 0.00688. The van der Waals surface area contributed by atoms with E-state index in [0.717, 1.165) is 39.7 Å². The van der Waals surface area contributed by atoms with E-state index in [-0.39, 0.29) is 16.4 Å². The van der Waals surface area contributed by atoms with Crippen molar-refractivity contribution < 1.29 is 14.0 Å². The summed E-state index contributed by atoms with van der Waals surface area (Å²) in [4.78, 5) is 29.0. The number of benzene rings is 3. The second-order valence-electron chi connectivity index (χ2n) is 8.06. The predicted octanol–water partition coefficient (Wildman–Crippen LogP) is 4.87. The van der Waals surface area contributed by atoms with Gasteiger partial charge in [-0.15, -0.1) is 0 Å². The molecule has 3 aromatic carbocycles. The summed E-state index contributed by atoms with van der Waals surface area (Å²) in [7, 11) is 0. The second-order valence-corrected chi connectivity index (χ2v) is 8.85. The molecule has 5 rings (SSSR count). The van der Waals surface area contributed by atoms with E-state index in [4.69, 9.17) is 23.8 Å². The van der Waals surface area contributed by atoms with Crippen LogP contribution >= 0.6 is 23.8 Å². The number of nitrogens with zero attached hydrogens (tertiary/aromatic N) is 2. The zero-order valence-electron chi connectivity index (χ0n) is 17.9. The Bertz CT molecular complexity index is 1370. The Kier molecular flexibility index (Phi) is 5.89. The van der Waals surface area contributed by atoms with Gasteiger partial charge in [-0.2, -0.15) is 0 Å². The molecule has 2 heterocycles. The third-order valence-electron chi connectivity index (χ3n) is 5.92. The summed E-state index contributed by atoms with van der Waals surface area (Å²) in [5.41, 5.74) is 3.85. The number of fused-ring (bicyclic) bond motifs is 1. The van der Waals surface area contributed by atoms with Crippen LogP contribution in [0.4, 0.5) is 15.8 Å². The molecule has 1 saturated heterocycles. The topological polar surface area (TPSA) is 52.7 Å². The molecule has 0 saturated carbocycles. The lowest BCUT2D eigenvalue weighted by Gasteiger charge is -2.29. The molecule has 0 spiro atoms. The smallest absolute Gasteiger partial charge is 0.270 e. The molecule has 0 unspecified atom stereocenters. The van der Waals surface area contributed by atoms with Crippen LogP contribution < -0.4 is 15.1 Å². The van der Waals surface area contributed by atoms with Crippen molar-refractivity contribution in [3.63, 3.8) is 0 Å². The van der Waals surface area contributed by atoms with Gasteiger partial charge in [-0.05, 0) is 71.7 Å². The van der Waals surface area contributed by atoms with Crippen LogP contribution in [0.25, 0.3) is 6.08 Å². The molecule has 3 aromatic rings. The molecular weight excluding hydrogens is 473 g/mol. The molecule has 170 valence electrons. The number of anilines is 2. The third kappa shape index (κ3) is 4.08. The molecule has 1 fully saturated rings. The molecule has 5 nitrogen and oxygen atoms in total. The van der Waals surface area contributed by atoms with E-state index in [1.807, 2.05) is 42.5 Å². The van der Waals surface area contributed by atoms with Crippen LogP contribution in [0.5, 0.6) is 0 Å². The molecule has 2 aliphatic rings. The average molecular weight is 492 g/mol. The Morgan fingerprint density at radius 2 is 1.79 bits per heavy atom. The molecule has 0 aliphatic carbocycles. The first-order valence-electron chi connectivity index (χ1n) is 10.7. The van der Waals surface area contributed by atoms with Gasteiger partial charge in [0.05, 0.1) is 5.69 Å². The number of para-hydroxylation sites is 1. The fourth-order valence-electron chi connectivity index (χ4n) is 4.25. The fraction of sp³-hybridized carbons (Fsp3) is 0.115. The summed E-state index contributed by atoms with van der Waals surface area (Å²) < 4.78 is 14.3. The molecule has 34 heavy (non-hydrogen) atoms. The average Bonchev–Trinajstić information content (AvgIpc) is 3.21. The Hall–Kier alpha value is -3.55. The number of rotatable bonds is 4. The van der Waals surface area contributed by atoms with E-state index < -0.39 is 17.6 Å². The van der Waals surface area contributed by atoms with Gasteiger partial charge in [0.25, 0.3) is 11.8 Å². The summed E-state index contributed by atoms with van der Waals surface area (Å²) in [5.74, 6) is -1.88. The Balaban J connectivity index is 1.43. The van der Waals surface area contributed by atoms with Crippen LogP contribution in [0.2, 0.25) is 5.02 Å². The summed E-state index contributed by atoms with van der Waals surface area (Å²) in [6, 6.07) is 19.4. The predicted molar refractivity (Wildman–Crippen MR) is 135 cm³/mol. The van der Waals surface area contributed by atoms with Crippen molar-refractivity contribution in [1.29, 1.82) is 0 Å². The van der Waals surface area contributed by atoms with Crippen LogP contribution in [0.3, 0.4) is 0 Å². The molecule has 2 amide bonds. The van der Waals surface area contributed by atoms with Gasteiger partial charge in [0.1, 0.15) is 11.4 Å². The first-order chi connectivity index (χ1) is 16.4. The van der Waals surface area contributed by atoms with Crippen molar-refractivity contribution in [2.24, 2.45) is 0 Å². The van der Waals surface area contributed by atoms with Crippen molar-refractivity contribution >= 4 is 58.2 Å². The van der Waals surface area contributed by atoms with E-state index in [1.165, 1.54) is 24.3 Å².